The van der Waals surface area contributed by atoms with Crippen LogP contribution in [0.15, 0.2) is 18.2 Å². The number of halogens is 1. The Morgan fingerprint density at radius 2 is 2.06 bits per heavy atom. The first kappa shape index (κ1) is 15.2. The predicted molar refractivity (Wildman–Crippen MR) is 69.9 cm³/mol. The van der Waals surface area contributed by atoms with Gasteiger partial charge in [0.15, 0.2) is 0 Å². The summed E-state index contributed by atoms with van der Waals surface area (Å²) >= 11 is 6.04. The van der Waals surface area contributed by atoms with Crippen LogP contribution in [-0.4, -0.2) is 26.9 Å². The minimum Gasteiger partial charge on any atom is -0.492 e. The molecule has 4 nitrogen and oxygen atoms in total. The number of ether oxygens (including phenoxy) is 2. The maximum absolute atomic E-state index is 6.04. The number of hydrogen-bond acceptors (Lipinski definition) is 4. The van der Waals surface area contributed by atoms with Crippen LogP contribution >= 0.6 is 11.6 Å². The Balaban J connectivity index is 2.42. The lowest BCUT2D eigenvalue weighted by Gasteiger charge is -2.10. The number of rotatable bonds is 9. The van der Waals surface area contributed by atoms with Gasteiger partial charge in [0, 0.05) is 19.6 Å². The lowest BCUT2D eigenvalue weighted by Crippen LogP contribution is -2.03. The Hall–Kier alpha value is -0.810. The largest absolute Gasteiger partial charge is 0.492 e. The van der Waals surface area contributed by atoms with E-state index in [1.165, 1.54) is 7.11 Å². The maximum atomic E-state index is 6.04. The average molecular weight is 275 g/mol. The summed E-state index contributed by atoms with van der Waals surface area (Å²) in [6, 6.07) is 5.50. The molecule has 0 saturated carbocycles. The Morgan fingerprint density at radius 1 is 1.22 bits per heavy atom. The summed E-state index contributed by atoms with van der Waals surface area (Å²) in [6.45, 7) is 4.33. The standard InChI is InChI=1S/C13H19ClO4/c1-3-16-7-4-8-17-13-9-11(10-18-15-2)5-6-12(13)14/h5-6,9H,3-4,7-8,10H2,1-2H3. The monoisotopic (exact) mass is 274 g/mol. The van der Waals surface area contributed by atoms with Crippen LogP contribution in [0.25, 0.3) is 0 Å². The zero-order chi connectivity index (χ0) is 13.2. The van der Waals surface area contributed by atoms with E-state index < -0.39 is 0 Å². The topological polar surface area (TPSA) is 36.9 Å². The van der Waals surface area contributed by atoms with Gasteiger partial charge in [-0.1, -0.05) is 17.7 Å². The van der Waals surface area contributed by atoms with E-state index in [1.54, 1.807) is 6.07 Å². The molecule has 1 aromatic rings. The normalized spacial score (nSPS) is 10.6. The summed E-state index contributed by atoms with van der Waals surface area (Å²) in [5.41, 5.74) is 0.945. The van der Waals surface area contributed by atoms with Gasteiger partial charge in [-0.2, -0.15) is 0 Å². The van der Waals surface area contributed by atoms with Crippen molar-refractivity contribution >= 4 is 11.6 Å². The fourth-order valence-corrected chi connectivity index (χ4v) is 1.53. The highest BCUT2D eigenvalue weighted by atomic mass is 35.5. The van der Waals surface area contributed by atoms with Crippen molar-refractivity contribution in [2.24, 2.45) is 0 Å². The van der Waals surface area contributed by atoms with Gasteiger partial charge in [-0.3, -0.25) is 0 Å². The summed E-state index contributed by atoms with van der Waals surface area (Å²) in [6.07, 6.45) is 0.836. The van der Waals surface area contributed by atoms with Crippen molar-refractivity contribution in [1.82, 2.24) is 0 Å². The van der Waals surface area contributed by atoms with Crippen molar-refractivity contribution in [1.29, 1.82) is 0 Å². The Morgan fingerprint density at radius 3 is 2.78 bits per heavy atom. The molecular formula is C13H19ClO4. The zero-order valence-corrected chi connectivity index (χ0v) is 11.5. The van der Waals surface area contributed by atoms with Crippen molar-refractivity contribution in [3.8, 4) is 5.75 Å². The quantitative estimate of drug-likeness (QED) is 0.394. The molecule has 5 heteroatoms. The van der Waals surface area contributed by atoms with Gasteiger partial charge in [0.25, 0.3) is 0 Å². The molecule has 0 aliphatic rings. The first-order valence-corrected chi connectivity index (χ1v) is 6.30. The first-order valence-electron chi connectivity index (χ1n) is 5.92. The number of hydrogen-bond donors (Lipinski definition) is 0. The van der Waals surface area contributed by atoms with Crippen LogP contribution in [0.1, 0.15) is 18.9 Å². The van der Waals surface area contributed by atoms with Crippen molar-refractivity contribution in [2.45, 2.75) is 20.0 Å². The van der Waals surface area contributed by atoms with Gasteiger partial charge in [-0.25, -0.2) is 9.78 Å². The van der Waals surface area contributed by atoms with E-state index >= 15 is 0 Å². The molecule has 18 heavy (non-hydrogen) atoms. The summed E-state index contributed by atoms with van der Waals surface area (Å²) in [7, 11) is 1.47. The second-order valence-corrected chi connectivity index (χ2v) is 4.00. The van der Waals surface area contributed by atoms with E-state index in [0.717, 1.165) is 18.6 Å². The van der Waals surface area contributed by atoms with Crippen molar-refractivity contribution in [3.63, 3.8) is 0 Å². The molecule has 0 fully saturated rings. The van der Waals surface area contributed by atoms with E-state index in [2.05, 4.69) is 4.89 Å². The highest BCUT2D eigenvalue weighted by Gasteiger charge is 2.04. The molecule has 0 bridgehead atoms. The first-order chi connectivity index (χ1) is 8.77. The van der Waals surface area contributed by atoms with E-state index in [4.69, 9.17) is 26.0 Å². The molecule has 0 radical (unpaired) electrons. The van der Waals surface area contributed by atoms with Crippen LogP contribution in [0.2, 0.25) is 5.02 Å². The van der Waals surface area contributed by atoms with Crippen LogP contribution in [0, 0.1) is 0 Å². The second kappa shape index (κ2) is 9.16. The fraction of sp³-hybridized carbons (Fsp3) is 0.538. The van der Waals surface area contributed by atoms with Gasteiger partial charge in [0.2, 0.25) is 0 Å². The molecule has 0 aliphatic heterocycles. The van der Waals surface area contributed by atoms with Crippen molar-refractivity contribution in [3.05, 3.63) is 28.8 Å². The molecule has 1 rings (SSSR count). The molecule has 0 atom stereocenters. The van der Waals surface area contributed by atoms with Crippen molar-refractivity contribution < 1.29 is 19.2 Å². The maximum Gasteiger partial charge on any atom is 0.138 e. The van der Waals surface area contributed by atoms with Gasteiger partial charge in [-0.05, 0) is 24.6 Å². The van der Waals surface area contributed by atoms with Crippen molar-refractivity contribution in [2.75, 3.05) is 26.9 Å². The van der Waals surface area contributed by atoms with Crippen LogP contribution in [0.5, 0.6) is 5.75 Å². The number of benzene rings is 1. The third-order valence-electron chi connectivity index (χ3n) is 2.23. The van der Waals surface area contributed by atoms with E-state index in [1.807, 2.05) is 19.1 Å². The highest BCUT2D eigenvalue weighted by Crippen LogP contribution is 2.26. The zero-order valence-electron chi connectivity index (χ0n) is 10.8. The fourth-order valence-electron chi connectivity index (χ4n) is 1.36. The van der Waals surface area contributed by atoms with Crippen LogP contribution in [-0.2, 0) is 21.1 Å². The summed E-state index contributed by atoms with van der Waals surface area (Å²) < 4.78 is 10.8. The van der Waals surface area contributed by atoms with Gasteiger partial charge < -0.3 is 9.47 Å². The second-order valence-electron chi connectivity index (χ2n) is 3.59. The van der Waals surface area contributed by atoms with E-state index in [-0.39, 0.29) is 0 Å². The average Bonchev–Trinajstić information content (AvgIpc) is 2.39. The molecule has 0 amide bonds. The smallest absolute Gasteiger partial charge is 0.138 e. The Bertz CT molecular complexity index is 344. The molecule has 0 aromatic heterocycles. The van der Waals surface area contributed by atoms with E-state index in [0.29, 0.717) is 30.6 Å². The lowest BCUT2D eigenvalue weighted by atomic mass is 10.2. The van der Waals surface area contributed by atoms with Gasteiger partial charge in [-0.15, -0.1) is 0 Å². The molecule has 0 unspecified atom stereocenters. The van der Waals surface area contributed by atoms with E-state index in [9.17, 15) is 0 Å². The lowest BCUT2D eigenvalue weighted by molar-refractivity contribution is -0.282. The molecule has 0 spiro atoms. The molecular weight excluding hydrogens is 256 g/mol. The third-order valence-corrected chi connectivity index (χ3v) is 2.55. The minimum atomic E-state index is 0.364. The Kier molecular flexibility index (Phi) is 7.76. The van der Waals surface area contributed by atoms with Crippen LogP contribution in [0.3, 0.4) is 0 Å². The molecule has 1 aromatic carbocycles. The van der Waals surface area contributed by atoms with Gasteiger partial charge in [0.1, 0.15) is 12.4 Å². The van der Waals surface area contributed by atoms with Gasteiger partial charge in [0.05, 0.1) is 18.7 Å². The molecule has 0 aliphatic carbocycles. The summed E-state index contributed by atoms with van der Waals surface area (Å²) in [5, 5.41) is 0.590. The minimum absolute atomic E-state index is 0.364. The molecule has 0 heterocycles. The third kappa shape index (κ3) is 5.69. The Labute approximate surface area is 113 Å². The van der Waals surface area contributed by atoms with Gasteiger partial charge >= 0.3 is 0 Å². The SMILES string of the molecule is CCOCCCOc1cc(COOC)ccc1Cl. The molecule has 0 N–H and O–H groups in total. The highest BCUT2D eigenvalue weighted by molar-refractivity contribution is 6.32. The van der Waals surface area contributed by atoms with Crippen LogP contribution < -0.4 is 4.74 Å². The van der Waals surface area contributed by atoms with Crippen LogP contribution in [0.4, 0.5) is 0 Å². The molecule has 102 valence electrons. The summed E-state index contributed by atoms with van der Waals surface area (Å²) in [5.74, 6) is 0.658. The molecule has 0 saturated heterocycles. The predicted octanol–water partition coefficient (Wildman–Crippen LogP) is 3.22. The summed E-state index contributed by atoms with van der Waals surface area (Å²) in [4.78, 5) is 9.40.